The van der Waals surface area contributed by atoms with Gasteiger partial charge in [0.25, 0.3) is 0 Å². The standard InChI is InChI=1S/C23H29FN4O4/c24-16-3-1-15(2-4-16)10-26-22(30)8-5-18-11-27-23(31)21-9-17(13-28(18)21)25-12-19-6-7-20(14-29)32-19/h1-4,6-7,17-18,21,25,29H,5,8-14H2,(H,26,30)(H,27,31)/t17-,18+,21-/m0/s1. The second-order valence-corrected chi connectivity index (χ2v) is 8.39. The molecule has 0 bridgehead atoms. The number of amides is 2. The number of hydrogen-bond acceptors (Lipinski definition) is 6. The first-order valence-corrected chi connectivity index (χ1v) is 11.0. The lowest BCUT2D eigenvalue weighted by Gasteiger charge is -2.37. The lowest BCUT2D eigenvalue weighted by molar-refractivity contribution is -0.129. The molecule has 1 aromatic carbocycles. The third kappa shape index (κ3) is 5.53. The van der Waals surface area contributed by atoms with E-state index in [1.807, 2.05) is 6.07 Å². The van der Waals surface area contributed by atoms with Gasteiger partial charge in [-0.05, 0) is 42.7 Å². The first-order valence-electron chi connectivity index (χ1n) is 11.0. The third-order valence-electron chi connectivity index (χ3n) is 6.17. The smallest absolute Gasteiger partial charge is 0.237 e. The van der Waals surface area contributed by atoms with Gasteiger partial charge in [0.1, 0.15) is 23.9 Å². The maximum atomic E-state index is 13.0. The maximum absolute atomic E-state index is 13.0. The molecule has 32 heavy (non-hydrogen) atoms. The number of benzene rings is 1. The van der Waals surface area contributed by atoms with Crippen molar-refractivity contribution >= 4 is 11.8 Å². The molecule has 0 radical (unpaired) electrons. The van der Waals surface area contributed by atoms with E-state index in [2.05, 4.69) is 20.9 Å². The van der Waals surface area contributed by atoms with Gasteiger partial charge in [-0.3, -0.25) is 14.5 Å². The van der Waals surface area contributed by atoms with E-state index in [0.717, 1.165) is 17.9 Å². The predicted octanol–water partition coefficient (Wildman–Crippen LogP) is 1.04. The highest BCUT2D eigenvalue weighted by atomic mass is 19.1. The molecule has 0 unspecified atom stereocenters. The van der Waals surface area contributed by atoms with Crippen molar-refractivity contribution in [1.82, 2.24) is 20.9 Å². The number of halogens is 1. The molecule has 3 heterocycles. The van der Waals surface area contributed by atoms with Crippen molar-refractivity contribution in [2.24, 2.45) is 0 Å². The van der Waals surface area contributed by atoms with Gasteiger partial charge in [-0.1, -0.05) is 12.1 Å². The lowest BCUT2D eigenvalue weighted by Crippen LogP contribution is -2.58. The Labute approximate surface area is 186 Å². The van der Waals surface area contributed by atoms with E-state index in [9.17, 15) is 14.0 Å². The van der Waals surface area contributed by atoms with Gasteiger partial charge in [0.05, 0.1) is 12.6 Å². The number of rotatable bonds is 9. The number of carbonyl (C=O) groups excluding carboxylic acids is 2. The van der Waals surface area contributed by atoms with Gasteiger partial charge < -0.3 is 25.5 Å². The fourth-order valence-corrected chi connectivity index (χ4v) is 4.43. The normalized spacial score (nSPS) is 23.1. The number of aliphatic hydroxyl groups is 1. The van der Waals surface area contributed by atoms with Crippen LogP contribution in [0.25, 0.3) is 0 Å². The second-order valence-electron chi connectivity index (χ2n) is 8.39. The summed E-state index contributed by atoms with van der Waals surface area (Å²) < 4.78 is 18.5. The van der Waals surface area contributed by atoms with Crippen molar-refractivity contribution in [3.63, 3.8) is 0 Å². The van der Waals surface area contributed by atoms with E-state index >= 15 is 0 Å². The van der Waals surface area contributed by atoms with E-state index in [0.29, 0.717) is 44.7 Å². The van der Waals surface area contributed by atoms with Gasteiger partial charge >= 0.3 is 0 Å². The molecule has 0 saturated carbocycles. The van der Waals surface area contributed by atoms with Crippen molar-refractivity contribution in [2.75, 3.05) is 13.1 Å². The molecule has 2 fully saturated rings. The molecule has 9 heteroatoms. The summed E-state index contributed by atoms with van der Waals surface area (Å²) in [6.45, 7) is 2.03. The Bertz CT molecular complexity index is 932. The number of furan rings is 1. The fourth-order valence-electron chi connectivity index (χ4n) is 4.43. The van der Waals surface area contributed by atoms with Crippen LogP contribution in [0.3, 0.4) is 0 Å². The molecule has 2 aliphatic heterocycles. The molecule has 2 aromatic rings. The average Bonchev–Trinajstić information content (AvgIpc) is 3.44. The van der Waals surface area contributed by atoms with Crippen molar-refractivity contribution in [3.05, 3.63) is 59.3 Å². The van der Waals surface area contributed by atoms with Gasteiger partial charge in [0, 0.05) is 38.1 Å². The Kier molecular flexibility index (Phi) is 7.19. The summed E-state index contributed by atoms with van der Waals surface area (Å²) in [4.78, 5) is 26.9. The summed E-state index contributed by atoms with van der Waals surface area (Å²) in [6, 6.07) is 9.69. The molecular weight excluding hydrogens is 415 g/mol. The minimum absolute atomic E-state index is 0.0341. The Morgan fingerprint density at radius 2 is 1.97 bits per heavy atom. The number of carbonyl (C=O) groups is 2. The second kappa shape index (κ2) is 10.2. The molecule has 0 aliphatic carbocycles. The number of nitrogens with one attached hydrogen (secondary N) is 3. The largest absolute Gasteiger partial charge is 0.462 e. The predicted molar refractivity (Wildman–Crippen MR) is 115 cm³/mol. The Hall–Kier alpha value is -2.75. The van der Waals surface area contributed by atoms with Crippen molar-refractivity contribution < 1.29 is 23.5 Å². The van der Waals surface area contributed by atoms with Crippen molar-refractivity contribution in [3.8, 4) is 0 Å². The van der Waals surface area contributed by atoms with Crippen LogP contribution in [0.15, 0.2) is 40.8 Å². The number of fused-ring (bicyclic) bond motifs is 1. The van der Waals surface area contributed by atoms with Crippen LogP contribution >= 0.6 is 0 Å². The number of piperazine rings is 1. The molecule has 4 rings (SSSR count). The first-order chi connectivity index (χ1) is 15.5. The summed E-state index contributed by atoms with van der Waals surface area (Å²) in [5.74, 6) is 0.952. The van der Waals surface area contributed by atoms with Crippen LogP contribution in [0.4, 0.5) is 4.39 Å². The summed E-state index contributed by atoms with van der Waals surface area (Å²) >= 11 is 0. The first kappa shape index (κ1) is 22.4. The molecule has 172 valence electrons. The van der Waals surface area contributed by atoms with E-state index in [1.165, 1.54) is 12.1 Å². The lowest BCUT2D eigenvalue weighted by atomic mass is 10.0. The van der Waals surface area contributed by atoms with Crippen LogP contribution in [0.2, 0.25) is 0 Å². The zero-order valence-corrected chi connectivity index (χ0v) is 17.9. The number of nitrogens with zero attached hydrogens (tertiary/aromatic N) is 1. The van der Waals surface area contributed by atoms with Crippen LogP contribution in [-0.4, -0.2) is 53.0 Å². The maximum Gasteiger partial charge on any atom is 0.237 e. The molecule has 3 atom stereocenters. The van der Waals surface area contributed by atoms with Gasteiger partial charge in [-0.15, -0.1) is 0 Å². The Balaban J connectivity index is 1.24. The fraction of sp³-hybridized carbons (Fsp3) is 0.478. The minimum Gasteiger partial charge on any atom is -0.462 e. The summed E-state index contributed by atoms with van der Waals surface area (Å²) in [5, 5.41) is 18.4. The number of aliphatic hydroxyl groups excluding tert-OH is 1. The molecular formula is C23H29FN4O4. The highest BCUT2D eigenvalue weighted by molar-refractivity contribution is 5.83. The van der Waals surface area contributed by atoms with E-state index in [-0.39, 0.29) is 42.4 Å². The molecule has 0 spiro atoms. The molecule has 2 aliphatic rings. The summed E-state index contributed by atoms with van der Waals surface area (Å²) in [7, 11) is 0. The molecule has 2 saturated heterocycles. The van der Waals surface area contributed by atoms with Gasteiger partial charge in [0.2, 0.25) is 11.8 Å². The monoisotopic (exact) mass is 444 g/mol. The van der Waals surface area contributed by atoms with Crippen molar-refractivity contribution in [2.45, 2.75) is 57.1 Å². The summed E-state index contributed by atoms with van der Waals surface area (Å²) in [6.07, 6.45) is 1.71. The van der Waals surface area contributed by atoms with E-state index in [4.69, 9.17) is 9.52 Å². The Morgan fingerprint density at radius 3 is 2.72 bits per heavy atom. The van der Waals surface area contributed by atoms with E-state index < -0.39 is 0 Å². The van der Waals surface area contributed by atoms with Crippen LogP contribution in [0, 0.1) is 5.82 Å². The average molecular weight is 445 g/mol. The zero-order chi connectivity index (χ0) is 22.5. The van der Waals surface area contributed by atoms with Crippen LogP contribution in [-0.2, 0) is 29.3 Å². The quantitative estimate of drug-likeness (QED) is 0.461. The van der Waals surface area contributed by atoms with Crippen molar-refractivity contribution in [1.29, 1.82) is 0 Å². The minimum atomic E-state index is -0.300. The van der Waals surface area contributed by atoms with Crippen LogP contribution < -0.4 is 16.0 Å². The van der Waals surface area contributed by atoms with E-state index in [1.54, 1.807) is 18.2 Å². The van der Waals surface area contributed by atoms with Gasteiger partial charge in [-0.25, -0.2) is 4.39 Å². The van der Waals surface area contributed by atoms with Crippen LogP contribution in [0.1, 0.15) is 36.3 Å². The van der Waals surface area contributed by atoms with Gasteiger partial charge in [-0.2, -0.15) is 0 Å². The molecule has 2 amide bonds. The Morgan fingerprint density at radius 1 is 1.19 bits per heavy atom. The summed E-state index contributed by atoms with van der Waals surface area (Å²) in [5.41, 5.74) is 0.848. The highest BCUT2D eigenvalue weighted by Crippen LogP contribution is 2.26. The molecule has 1 aromatic heterocycles. The highest BCUT2D eigenvalue weighted by Gasteiger charge is 2.43. The van der Waals surface area contributed by atoms with Crippen LogP contribution in [0.5, 0.6) is 0 Å². The number of hydrogen-bond donors (Lipinski definition) is 4. The molecule has 8 nitrogen and oxygen atoms in total. The SMILES string of the molecule is O=C(CC[C@@H]1CNC(=O)[C@@H]2C[C@H](NCc3ccc(CO)o3)CN12)NCc1ccc(F)cc1. The topological polar surface area (TPSA) is 107 Å². The zero-order valence-electron chi connectivity index (χ0n) is 17.9. The molecule has 4 N–H and O–H groups in total. The van der Waals surface area contributed by atoms with Gasteiger partial charge in [0.15, 0.2) is 0 Å². The third-order valence-corrected chi connectivity index (χ3v) is 6.17.